The van der Waals surface area contributed by atoms with E-state index in [9.17, 15) is 4.79 Å². The number of halogens is 3. The van der Waals surface area contributed by atoms with Gasteiger partial charge in [0.15, 0.2) is 5.11 Å². The molecule has 0 bridgehead atoms. The predicted molar refractivity (Wildman–Crippen MR) is 131 cm³/mol. The Balaban J connectivity index is 1.83. The lowest BCUT2D eigenvalue weighted by Gasteiger charge is -2.13. The Morgan fingerprint density at radius 2 is 1.70 bits per heavy atom. The summed E-state index contributed by atoms with van der Waals surface area (Å²) in [5.41, 5.74) is 2.61. The third-order valence-corrected chi connectivity index (χ3v) is 6.76. The molecule has 0 N–H and O–H groups in total. The summed E-state index contributed by atoms with van der Waals surface area (Å²) in [6.45, 7) is 0.500. The number of benzene rings is 2. The zero-order chi connectivity index (χ0) is 19.7. The molecule has 1 amide bonds. The predicted octanol–water partition coefficient (Wildman–Crippen LogP) is 5.27. The van der Waals surface area contributed by atoms with Crippen LogP contribution in [0.5, 0.6) is 5.75 Å². The van der Waals surface area contributed by atoms with Gasteiger partial charge in [-0.25, -0.2) is 0 Å². The molecule has 27 heavy (non-hydrogen) atoms. The fourth-order valence-corrected chi connectivity index (χ4v) is 5.16. The van der Waals surface area contributed by atoms with E-state index in [1.807, 2.05) is 42.5 Å². The van der Waals surface area contributed by atoms with Gasteiger partial charge in [-0.3, -0.25) is 9.69 Å². The highest BCUT2D eigenvalue weighted by Crippen LogP contribution is 2.31. The summed E-state index contributed by atoms with van der Waals surface area (Å²) in [6.07, 6.45) is 1.86. The number of carbonyl (C=O) groups is 1. The minimum absolute atomic E-state index is 0.0944. The molecular formula is C19H15BrI2N2O2S. The molecular weight excluding hydrogens is 654 g/mol. The number of likely N-dealkylation sites (N-methyl/N-ethyl adjacent to an activating group) is 2. The fourth-order valence-electron chi connectivity index (χ4n) is 2.58. The lowest BCUT2D eigenvalue weighted by atomic mass is 10.1. The van der Waals surface area contributed by atoms with Gasteiger partial charge in [-0.05, 0) is 98.9 Å². The van der Waals surface area contributed by atoms with Crippen molar-refractivity contribution < 1.29 is 9.53 Å². The number of amides is 1. The molecule has 2 aromatic rings. The first-order valence-electron chi connectivity index (χ1n) is 7.91. The summed E-state index contributed by atoms with van der Waals surface area (Å²) in [7, 11) is 3.50. The molecule has 0 saturated carbocycles. The monoisotopic (exact) mass is 668 g/mol. The van der Waals surface area contributed by atoms with Crippen LogP contribution < -0.4 is 4.74 Å². The van der Waals surface area contributed by atoms with Gasteiger partial charge in [0.1, 0.15) is 18.1 Å². The van der Waals surface area contributed by atoms with E-state index < -0.39 is 0 Å². The van der Waals surface area contributed by atoms with Crippen molar-refractivity contribution in [3.05, 3.63) is 64.8 Å². The molecule has 0 atom stereocenters. The molecule has 1 saturated heterocycles. The SMILES string of the molecule is CN1C(=O)/C(=C/c2cc(I)c(OCc3ccc(Br)cc3)c(I)c2)N(C)C1=S. The quantitative estimate of drug-likeness (QED) is 0.253. The minimum atomic E-state index is -0.0944. The molecule has 0 radical (unpaired) electrons. The van der Waals surface area contributed by atoms with Crippen molar-refractivity contribution in [1.29, 1.82) is 0 Å². The van der Waals surface area contributed by atoms with Gasteiger partial charge in [-0.15, -0.1) is 0 Å². The van der Waals surface area contributed by atoms with Crippen LogP contribution in [0.4, 0.5) is 0 Å². The van der Waals surface area contributed by atoms with E-state index >= 15 is 0 Å². The summed E-state index contributed by atoms with van der Waals surface area (Å²) in [5.74, 6) is 0.753. The van der Waals surface area contributed by atoms with Crippen LogP contribution >= 0.6 is 73.3 Å². The third-order valence-electron chi connectivity index (χ3n) is 4.08. The Morgan fingerprint density at radius 3 is 2.22 bits per heavy atom. The lowest BCUT2D eigenvalue weighted by Crippen LogP contribution is -2.26. The molecule has 1 aliphatic heterocycles. The zero-order valence-electron chi connectivity index (χ0n) is 14.5. The minimum Gasteiger partial charge on any atom is -0.487 e. The molecule has 140 valence electrons. The van der Waals surface area contributed by atoms with Gasteiger partial charge < -0.3 is 9.64 Å². The van der Waals surface area contributed by atoms with Gasteiger partial charge in [0.05, 0.1) is 7.14 Å². The Bertz CT molecular complexity index is 924. The van der Waals surface area contributed by atoms with Gasteiger partial charge in [-0.2, -0.15) is 0 Å². The Labute approximate surface area is 199 Å². The number of hydrogen-bond donors (Lipinski definition) is 0. The highest BCUT2D eigenvalue weighted by molar-refractivity contribution is 14.1. The Hall–Kier alpha value is -0.720. The summed E-state index contributed by atoms with van der Waals surface area (Å²) in [4.78, 5) is 15.6. The summed E-state index contributed by atoms with van der Waals surface area (Å²) >= 11 is 13.2. The van der Waals surface area contributed by atoms with E-state index in [2.05, 4.69) is 61.1 Å². The highest BCUT2D eigenvalue weighted by Gasteiger charge is 2.32. The number of ether oxygens (including phenoxy) is 1. The molecule has 1 heterocycles. The van der Waals surface area contributed by atoms with Crippen LogP contribution in [-0.2, 0) is 11.4 Å². The molecule has 0 aliphatic carbocycles. The van der Waals surface area contributed by atoms with E-state index in [4.69, 9.17) is 17.0 Å². The number of hydrogen-bond acceptors (Lipinski definition) is 3. The summed E-state index contributed by atoms with van der Waals surface area (Å²) in [5, 5.41) is 0.505. The van der Waals surface area contributed by atoms with Crippen LogP contribution in [0.3, 0.4) is 0 Å². The fraction of sp³-hybridized carbons (Fsp3) is 0.158. The summed E-state index contributed by atoms with van der Waals surface area (Å²) < 4.78 is 9.07. The second-order valence-corrected chi connectivity index (χ2v) is 9.57. The van der Waals surface area contributed by atoms with Crippen LogP contribution in [0.1, 0.15) is 11.1 Å². The van der Waals surface area contributed by atoms with Gasteiger partial charge in [-0.1, -0.05) is 28.1 Å². The van der Waals surface area contributed by atoms with Crippen molar-refractivity contribution in [2.75, 3.05) is 14.1 Å². The van der Waals surface area contributed by atoms with Crippen molar-refractivity contribution in [2.45, 2.75) is 6.61 Å². The Kier molecular flexibility index (Phi) is 6.80. The van der Waals surface area contributed by atoms with E-state index in [-0.39, 0.29) is 5.91 Å². The van der Waals surface area contributed by atoms with Crippen LogP contribution in [0.15, 0.2) is 46.6 Å². The number of thiocarbonyl (C=S) groups is 1. The second-order valence-electron chi connectivity index (χ2n) is 5.96. The molecule has 3 rings (SSSR count). The van der Waals surface area contributed by atoms with E-state index in [1.54, 1.807) is 19.0 Å². The molecule has 0 aromatic heterocycles. The van der Waals surface area contributed by atoms with Gasteiger partial charge in [0.2, 0.25) is 0 Å². The van der Waals surface area contributed by atoms with Gasteiger partial charge in [0, 0.05) is 18.6 Å². The maximum atomic E-state index is 12.3. The highest BCUT2D eigenvalue weighted by atomic mass is 127. The maximum Gasteiger partial charge on any atom is 0.276 e. The first-order valence-corrected chi connectivity index (χ1v) is 11.3. The molecule has 4 nitrogen and oxygen atoms in total. The molecule has 0 spiro atoms. The van der Waals surface area contributed by atoms with Crippen LogP contribution in [-0.4, -0.2) is 34.9 Å². The van der Waals surface area contributed by atoms with Crippen molar-refractivity contribution in [3.63, 3.8) is 0 Å². The standard InChI is InChI=1S/C19H15BrI2N2O2S/c1-23-16(18(25)24(2)19(23)27)9-12-7-14(21)17(15(22)8-12)26-10-11-3-5-13(20)6-4-11/h3-9H,10H2,1-2H3/b16-9-. The molecule has 8 heteroatoms. The average molecular weight is 669 g/mol. The molecule has 1 fully saturated rings. The van der Waals surface area contributed by atoms with Crippen LogP contribution in [0.2, 0.25) is 0 Å². The molecule has 2 aromatic carbocycles. The van der Waals surface area contributed by atoms with Crippen molar-refractivity contribution in [2.24, 2.45) is 0 Å². The first kappa shape index (κ1) is 21.0. The van der Waals surface area contributed by atoms with E-state index in [0.29, 0.717) is 17.4 Å². The number of rotatable bonds is 4. The first-order chi connectivity index (χ1) is 12.8. The number of nitrogens with zero attached hydrogens (tertiary/aromatic N) is 2. The van der Waals surface area contributed by atoms with Gasteiger partial charge in [0.25, 0.3) is 5.91 Å². The van der Waals surface area contributed by atoms with Crippen molar-refractivity contribution in [1.82, 2.24) is 9.80 Å². The third kappa shape index (κ3) is 4.65. The second kappa shape index (κ2) is 8.75. The number of carbonyl (C=O) groups excluding carboxylic acids is 1. The Morgan fingerprint density at radius 1 is 1.11 bits per heavy atom. The summed E-state index contributed by atoms with van der Waals surface area (Å²) in [6, 6.07) is 12.1. The van der Waals surface area contributed by atoms with Crippen LogP contribution in [0, 0.1) is 7.14 Å². The van der Waals surface area contributed by atoms with E-state index in [1.165, 1.54) is 4.90 Å². The molecule has 0 unspecified atom stereocenters. The normalized spacial score (nSPS) is 15.8. The zero-order valence-corrected chi connectivity index (χ0v) is 21.2. The van der Waals surface area contributed by atoms with Crippen molar-refractivity contribution >= 4 is 90.4 Å². The molecule has 1 aliphatic rings. The van der Waals surface area contributed by atoms with Gasteiger partial charge >= 0.3 is 0 Å². The maximum absolute atomic E-state index is 12.3. The van der Waals surface area contributed by atoms with Crippen LogP contribution in [0.25, 0.3) is 6.08 Å². The largest absolute Gasteiger partial charge is 0.487 e. The lowest BCUT2D eigenvalue weighted by molar-refractivity contribution is -0.121. The topological polar surface area (TPSA) is 32.8 Å². The van der Waals surface area contributed by atoms with E-state index in [0.717, 1.165) is 28.5 Å². The van der Waals surface area contributed by atoms with Crippen molar-refractivity contribution in [3.8, 4) is 5.75 Å². The average Bonchev–Trinajstić information content (AvgIpc) is 2.80. The smallest absolute Gasteiger partial charge is 0.276 e.